The molecule has 0 N–H and O–H groups in total. The summed E-state index contributed by atoms with van der Waals surface area (Å²) in [5.41, 5.74) is 0.0399. The standard InChI is InChI=1S/C19H17F3O6Si/c1-29(2,3)28-17(24)13-7-5-8-14(11-13)26-16(23)12-6-4-9-15(10-12)27-18(25)19(20,21)22/h4-11H,1-3H3. The number of esters is 2. The van der Waals surface area contributed by atoms with Crippen LogP contribution in [0.4, 0.5) is 13.2 Å². The molecule has 0 spiro atoms. The molecule has 2 rings (SSSR count). The third-order valence-electron chi connectivity index (χ3n) is 3.19. The summed E-state index contributed by atoms with van der Waals surface area (Å²) in [5, 5.41) is 0. The van der Waals surface area contributed by atoms with Crippen LogP contribution in [0.15, 0.2) is 48.5 Å². The lowest BCUT2D eigenvalue weighted by Crippen LogP contribution is -2.29. The second-order valence-corrected chi connectivity index (χ2v) is 11.3. The van der Waals surface area contributed by atoms with Crippen molar-refractivity contribution >= 4 is 26.2 Å². The average Bonchev–Trinajstić information content (AvgIpc) is 2.60. The highest BCUT2D eigenvalue weighted by molar-refractivity contribution is 6.71. The van der Waals surface area contributed by atoms with Crippen molar-refractivity contribution in [1.82, 2.24) is 0 Å². The zero-order chi connectivity index (χ0) is 21.8. The SMILES string of the molecule is C[Si](C)(C)OC(=O)c1cccc(OC(=O)c2cccc(OC(=O)C(F)(F)F)c2)c1. The molecule has 2 aromatic rings. The van der Waals surface area contributed by atoms with Gasteiger partial charge in [-0.25, -0.2) is 14.4 Å². The number of halogens is 3. The smallest absolute Gasteiger partial charge is 0.491 e. The molecule has 0 amide bonds. The Bertz CT molecular complexity index is 934. The molecule has 0 aromatic heterocycles. The van der Waals surface area contributed by atoms with Crippen LogP contribution in [0.25, 0.3) is 0 Å². The molecular formula is C19H17F3O6Si. The van der Waals surface area contributed by atoms with E-state index in [0.29, 0.717) is 0 Å². The van der Waals surface area contributed by atoms with Crippen molar-refractivity contribution < 1.29 is 41.5 Å². The summed E-state index contributed by atoms with van der Waals surface area (Å²) >= 11 is 0. The van der Waals surface area contributed by atoms with Gasteiger partial charge in [0.05, 0.1) is 11.1 Å². The van der Waals surface area contributed by atoms with E-state index in [1.54, 1.807) is 0 Å². The van der Waals surface area contributed by atoms with Crippen molar-refractivity contribution in [3.05, 3.63) is 59.7 Å². The minimum Gasteiger partial charge on any atom is -0.516 e. The third kappa shape index (κ3) is 6.75. The molecule has 2 aromatic carbocycles. The molecule has 154 valence electrons. The van der Waals surface area contributed by atoms with E-state index in [-0.39, 0.29) is 16.9 Å². The number of rotatable bonds is 5. The lowest BCUT2D eigenvalue weighted by atomic mass is 10.2. The maximum atomic E-state index is 12.3. The van der Waals surface area contributed by atoms with Crippen molar-refractivity contribution in [2.24, 2.45) is 0 Å². The molecule has 0 radical (unpaired) electrons. The normalized spacial score (nSPS) is 11.5. The summed E-state index contributed by atoms with van der Waals surface area (Å²) in [4.78, 5) is 35.3. The van der Waals surface area contributed by atoms with E-state index >= 15 is 0 Å². The topological polar surface area (TPSA) is 78.9 Å². The molecule has 0 atom stereocenters. The molecule has 0 heterocycles. The van der Waals surface area contributed by atoms with Gasteiger partial charge in [-0.05, 0) is 56.0 Å². The Kier molecular flexibility index (Phi) is 6.47. The molecule has 29 heavy (non-hydrogen) atoms. The molecule has 0 bridgehead atoms. The maximum Gasteiger partial charge on any atom is 0.491 e. The fourth-order valence-corrected chi connectivity index (χ4v) is 2.72. The highest BCUT2D eigenvalue weighted by Crippen LogP contribution is 2.22. The van der Waals surface area contributed by atoms with Gasteiger partial charge in [0.15, 0.2) is 0 Å². The van der Waals surface area contributed by atoms with E-state index in [0.717, 1.165) is 12.1 Å². The van der Waals surface area contributed by atoms with Crippen molar-refractivity contribution in [2.75, 3.05) is 0 Å². The predicted octanol–water partition coefficient (Wildman–Crippen LogP) is 4.37. The zero-order valence-corrected chi connectivity index (χ0v) is 16.7. The van der Waals surface area contributed by atoms with Crippen LogP contribution < -0.4 is 9.47 Å². The third-order valence-corrected chi connectivity index (χ3v) is 3.99. The number of carbonyl (C=O) groups excluding carboxylic acids is 3. The first-order chi connectivity index (χ1) is 13.3. The highest BCUT2D eigenvalue weighted by atomic mass is 28.4. The minimum atomic E-state index is -5.17. The van der Waals surface area contributed by atoms with Crippen LogP contribution in [0.2, 0.25) is 19.6 Å². The maximum absolute atomic E-state index is 12.3. The van der Waals surface area contributed by atoms with E-state index in [1.807, 2.05) is 19.6 Å². The first-order valence-corrected chi connectivity index (χ1v) is 11.7. The lowest BCUT2D eigenvalue weighted by Gasteiger charge is -2.17. The molecule has 0 saturated heterocycles. The highest BCUT2D eigenvalue weighted by Gasteiger charge is 2.41. The number of benzene rings is 2. The van der Waals surface area contributed by atoms with Gasteiger partial charge in [0, 0.05) is 0 Å². The Balaban J connectivity index is 2.13. The van der Waals surface area contributed by atoms with Gasteiger partial charge in [-0.3, -0.25) is 0 Å². The first-order valence-electron chi connectivity index (χ1n) is 8.30. The number of hydrogen-bond acceptors (Lipinski definition) is 6. The van der Waals surface area contributed by atoms with E-state index in [2.05, 4.69) is 4.74 Å². The largest absolute Gasteiger partial charge is 0.516 e. The second-order valence-electron chi connectivity index (χ2n) is 6.83. The molecule has 0 aliphatic heterocycles. The summed E-state index contributed by atoms with van der Waals surface area (Å²) in [6.07, 6.45) is -5.17. The van der Waals surface area contributed by atoms with Crippen LogP contribution in [-0.4, -0.2) is 32.4 Å². The minimum absolute atomic E-state index is 0.0396. The van der Waals surface area contributed by atoms with Gasteiger partial charge in [0.2, 0.25) is 8.32 Å². The summed E-state index contributed by atoms with van der Waals surface area (Å²) in [5.74, 6) is -4.29. The van der Waals surface area contributed by atoms with E-state index in [4.69, 9.17) is 9.16 Å². The Morgan fingerprint density at radius 1 is 0.793 bits per heavy atom. The van der Waals surface area contributed by atoms with E-state index in [1.165, 1.54) is 36.4 Å². The molecule has 0 fully saturated rings. The quantitative estimate of drug-likeness (QED) is 0.402. The van der Waals surface area contributed by atoms with Crippen molar-refractivity contribution in [1.29, 1.82) is 0 Å². The van der Waals surface area contributed by atoms with Crippen LogP contribution >= 0.6 is 0 Å². The Morgan fingerprint density at radius 2 is 1.28 bits per heavy atom. The first kappa shape index (κ1) is 22.1. The summed E-state index contributed by atoms with van der Waals surface area (Å²) in [7, 11) is -2.12. The van der Waals surface area contributed by atoms with Crippen molar-refractivity contribution in [3.8, 4) is 11.5 Å². The molecule has 0 unspecified atom stereocenters. The lowest BCUT2D eigenvalue weighted by molar-refractivity contribution is -0.189. The molecule has 0 aliphatic rings. The van der Waals surface area contributed by atoms with Crippen LogP contribution in [0.3, 0.4) is 0 Å². The summed E-state index contributed by atoms with van der Waals surface area (Å²) < 4.78 is 51.6. The monoisotopic (exact) mass is 426 g/mol. The molecule has 10 heteroatoms. The van der Waals surface area contributed by atoms with Crippen LogP contribution in [0.1, 0.15) is 20.7 Å². The summed E-state index contributed by atoms with van der Waals surface area (Å²) in [6.45, 7) is 5.52. The number of carbonyl (C=O) groups is 3. The number of ether oxygens (including phenoxy) is 2. The molecular weight excluding hydrogens is 409 g/mol. The predicted molar refractivity (Wildman–Crippen MR) is 98.3 cm³/mol. The van der Waals surface area contributed by atoms with Gasteiger partial charge in [-0.15, -0.1) is 0 Å². The van der Waals surface area contributed by atoms with Gasteiger partial charge < -0.3 is 13.9 Å². The average molecular weight is 426 g/mol. The van der Waals surface area contributed by atoms with Gasteiger partial charge in [0.25, 0.3) is 0 Å². The van der Waals surface area contributed by atoms with Crippen molar-refractivity contribution in [3.63, 3.8) is 0 Å². The molecule has 6 nitrogen and oxygen atoms in total. The Hall–Kier alpha value is -3.14. The van der Waals surface area contributed by atoms with Gasteiger partial charge in [-0.2, -0.15) is 13.2 Å². The van der Waals surface area contributed by atoms with E-state index in [9.17, 15) is 27.6 Å². The molecule has 0 aliphatic carbocycles. The fraction of sp³-hybridized carbons (Fsp3) is 0.211. The Morgan fingerprint density at radius 3 is 1.76 bits per heavy atom. The second kappa shape index (κ2) is 8.48. The summed E-state index contributed by atoms with van der Waals surface area (Å²) in [6, 6.07) is 10.3. The van der Waals surface area contributed by atoms with Crippen LogP contribution in [0, 0.1) is 0 Å². The molecule has 0 saturated carbocycles. The zero-order valence-electron chi connectivity index (χ0n) is 15.7. The van der Waals surface area contributed by atoms with Crippen LogP contribution in [0.5, 0.6) is 11.5 Å². The van der Waals surface area contributed by atoms with Gasteiger partial charge in [-0.1, -0.05) is 12.1 Å². The van der Waals surface area contributed by atoms with Crippen molar-refractivity contribution in [2.45, 2.75) is 25.8 Å². The number of alkyl halides is 3. The van der Waals surface area contributed by atoms with E-state index < -0.39 is 38.2 Å². The fourth-order valence-electron chi connectivity index (χ4n) is 2.04. The number of hydrogen-bond donors (Lipinski definition) is 0. The Labute approximate surface area is 165 Å². The van der Waals surface area contributed by atoms with Gasteiger partial charge in [0.1, 0.15) is 11.5 Å². The van der Waals surface area contributed by atoms with Gasteiger partial charge >= 0.3 is 24.1 Å². The van der Waals surface area contributed by atoms with Crippen LogP contribution in [-0.2, 0) is 9.22 Å².